The van der Waals surface area contributed by atoms with Crippen molar-refractivity contribution in [3.8, 4) is 0 Å². The second-order valence-corrected chi connectivity index (χ2v) is 5.63. The van der Waals surface area contributed by atoms with Gasteiger partial charge >= 0.3 is 0 Å². The van der Waals surface area contributed by atoms with E-state index in [9.17, 15) is 4.79 Å². The van der Waals surface area contributed by atoms with Crippen molar-refractivity contribution in [2.45, 2.75) is 19.3 Å². The van der Waals surface area contributed by atoms with Gasteiger partial charge in [-0.3, -0.25) is 4.79 Å². The first-order chi connectivity index (χ1) is 7.36. The maximum absolute atomic E-state index is 12.0. The molecule has 0 spiro atoms. The van der Waals surface area contributed by atoms with Crippen LogP contribution in [0.1, 0.15) is 19.3 Å². The fourth-order valence-corrected chi connectivity index (χ4v) is 3.15. The molecule has 2 fully saturated rings. The van der Waals surface area contributed by atoms with Gasteiger partial charge in [-0.05, 0) is 37.6 Å². The molecular weight excluding hydrogens is 244 g/mol. The quantitative estimate of drug-likeness (QED) is 0.818. The lowest BCUT2D eigenvalue weighted by Gasteiger charge is -2.21. The molecule has 0 aromatic carbocycles. The van der Waals surface area contributed by atoms with Gasteiger partial charge in [0, 0.05) is 25.3 Å². The van der Waals surface area contributed by atoms with E-state index in [1.54, 1.807) is 0 Å². The van der Waals surface area contributed by atoms with Crippen LogP contribution in [-0.4, -0.2) is 48.5 Å². The molecule has 0 saturated carbocycles. The summed E-state index contributed by atoms with van der Waals surface area (Å²) >= 11 is 1.97. The number of carbonyl (C=O) groups excluding carboxylic acids is 1. The number of hydrogen-bond donors (Lipinski definition) is 1. The Labute approximate surface area is 108 Å². The summed E-state index contributed by atoms with van der Waals surface area (Å²) in [6.45, 7) is 4.07. The summed E-state index contributed by atoms with van der Waals surface area (Å²) in [5, 5.41) is 3.32. The van der Waals surface area contributed by atoms with Gasteiger partial charge in [0.15, 0.2) is 0 Å². The van der Waals surface area contributed by atoms with Gasteiger partial charge in [0.1, 0.15) is 0 Å². The minimum Gasteiger partial charge on any atom is -0.342 e. The van der Waals surface area contributed by atoms with Crippen molar-refractivity contribution in [2.24, 2.45) is 5.92 Å². The Bertz CT molecular complexity index is 214. The molecule has 5 heteroatoms. The molecule has 3 nitrogen and oxygen atoms in total. The van der Waals surface area contributed by atoms with Gasteiger partial charge in [-0.15, -0.1) is 12.4 Å². The zero-order valence-electron chi connectivity index (χ0n) is 9.61. The van der Waals surface area contributed by atoms with Crippen molar-refractivity contribution in [3.05, 3.63) is 0 Å². The van der Waals surface area contributed by atoms with Crippen LogP contribution in [0.5, 0.6) is 0 Å². The number of thioether (sulfide) groups is 1. The average molecular weight is 265 g/mol. The standard InChI is InChI=1S/C11H20N2OS.ClH/c14-11(8-10-2-3-12-9-10)13-4-1-6-15-7-5-13;/h10,12H,1-9H2;1H. The van der Waals surface area contributed by atoms with Crippen molar-refractivity contribution in [2.75, 3.05) is 37.7 Å². The van der Waals surface area contributed by atoms with E-state index < -0.39 is 0 Å². The van der Waals surface area contributed by atoms with E-state index in [1.807, 2.05) is 11.8 Å². The molecule has 0 aliphatic carbocycles. The topological polar surface area (TPSA) is 32.3 Å². The summed E-state index contributed by atoms with van der Waals surface area (Å²) in [5.41, 5.74) is 0. The van der Waals surface area contributed by atoms with Crippen LogP contribution in [-0.2, 0) is 4.79 Å². The molecule has 1 N–H and O–H groups in total. The first-order valence-corrected chi connectivity index (χ1v) is 7.08. The molecule has 0 aromatic rings. The van der Waals surface area contributed by atoms with E-state index in [4.69, 9.17) is 0 Å². The Morgan fingerprint density at radius 1 is 1.38 bits per heavy atom. The number of amides is 1. The first kappa shape index (κ1) is 14.1. The molecule has 1 amide bonds. The smallest absolute Gasteiger partial charge is 0.222 e. The van der Waals surface area contributed by atoms with Crippen LogP contribution >= 0.6 is 24.2 Å². The molecule has 0 radical (unpaired) electrons. The fraction of sp³-hybridized carbons (Fsp3) is 0.909. The highest BCUT2D eigenvalue weighted by Crippen LogP contribution is 2.16. The molecule has 0 aromatic heterocycles. The van der Waals surface area contributed by atoms with Gasteiger partial charge in [0.25, 0.3) is 0 Å². The summed E-state index contributed by atoms with van der Waals surface area (Å²) in [6, 6.07) is 0. The predicted octanol–water partition coefficient (Wildman–Crippen LogP) is 1.37. The van der Waals surface area contributed by atoms with Crippen molar-refractivity contribution in [3.63, 3.8) is 0 Å². The molecule has 1 unspecified atom stereocenters. The zero-order chi connectivity index (χ0) is 10.5. The second-order valence-electron chi connectivity index (χ2n) is 4.41. The fourth-order valence-electron chi connectivity index (χ4n) is 2.26. The van der Waals surface area contributed by atoms with E-state index in [0.29, 0.717) is 11.8 Å². The lowest BCUT2D eigenvalue weighted by atomic mass is 10.0. The molecule has 2 aliphatic heterocycles. The maximum Gasteiger partial charge on any atom is 0.222 e. The normalized spacial score (nSPS) is 26.0. The van der Waals surface area contributed by atoms with Crippen molar-refractivity contribution in [1.82, 2.24) is 10.2 Å². The minimum atomic E-state index is 0. The van der Waals surface area contributed by atoms with Crippen molar-refractivity contribution in [1.29, 1.82) is 0 Å². The molecule has 2 aliphatic rings. The van der Waals surface area contributed by atoms with Gasteiger partial charge in [0.05, 0.1) is 0 Å². The van der Waals surface area contributed by atoms with Crippen molar-refractivity contribution >= 4 is 30.1 Å². The third-order valence-corrected chi connectivity index (χ3v) is 4.25. The Morgan fingerprint density at radius 3 is 3.00 bits per heavy atom. The molecule has 16 heavy (non-hydrogen) atoms. The van der Waals surface area contributed by atoms with Crippen LogP contribution in [0, 0.1) is 5.92 Å². The van der Waals surface area contributed by atoms with Crippen LogP contribution < -0.4 is 5.32 Å². The predicted molar refractivity (Wildman–Crippen MR) is 71.4 cm³/mol. The monoisotopic (exact) mass is 264 g/mol. The third kappa shape index (κ3) is 4.15. The number of carbonyl (C=O) groups is 1. The molecule has 94 valence electrons. The zero-order valence-corrected chi connectivity index (χ0v) is 11.2. The molecule has 1 atom stereocenters. The van der Waals surface area contributed by atoms with Gasteiger partial charge in [-0.1, -0.05) is 0 Å². The summed E-state index contributed by atoms with van der Waals surface area (Å²) in [4.78, 5) is 14.1. The minimum absolute atomic E-state index is 0. The average Bonchev–Trinajstić information content (AvgIpc) is 2.58. The Morgan fingerprint density at radius 2 is 2.25 bits per heavy atom. The van der Waals surface area contributed by atoms with Gasteiger partial charge in [-0.25, -0.2) is 0 Å². The number of halogens is 1. The van der Waals surface area contributed by atoms with E-state index >= 15 is 0 Å². The van der Waals surface area contributed by atoms with Crippen LogP contribution in [0.2, 0.25) is 0 Å². The maximum atomic E-state index is 12.0. The van der Waals surface area contributed by atoms with E-state index in [-0.39, 0.29) is 12.4 Å². The number of hydrogen-bond acceptors (Lipinski definition) is 3. The first-order valence-electron chi connectivity index (χ1n) is 5.92. The van der Waals surface area contributed by atoms with Crippen LogP contribution in [0.3, 0.4) is 0 Å². The highest BCUT2D eigenvalue weighted by molar-refractivity contribution is 7.99. The second kappa shape index (κ2) is 7.41. The highest BCUT2D eigenvalue weighted by atomic mass is 35.5. The number of nitrogens with one attached hydrogen (secondary N) is 1. The summed E-state index contributed by atoms with van der Waals surface area (Å²) in [5.74, 6) is 3.31. The third-order valence-electron chi connectivity index (χ3n) is 3.20. The Hall–Kier alpha value is 0.0700. The van der Waals surface area contributed by atoms with E-state index in [1.165, 1.54) is 18.6 Å². The van der Waals surface area contributed by atoms with Gasteiger partial charge in [-0.2, -0.15) is 11.8 Å². The lowest BCUT2D eigenvalue weighted by Crippen LogP contribution is -2.34. The molecule has 2 heterocycles. The molecule has 2 saturated heterocycles. The van der Waals surface area contributed by atoms with Crippen LogP contribution in [0.15, 0.2) is 0 Å². The van der Waals surface area contributed by atoms with Gasteiger partial charge in [0.2, 0.25) is 5.91 Å². The summed E-state index contributed by atoms with van der Waals surface area (Å²) in [7, 11) is 0. The highest BCUT2D eigenvalue weighted by Gasteiger charge is 2.22. The molecular formula is C11H21ClN2OS. The molecule has 0 bridgehead atoms. The Kier molecular flexibility index (Phi) is 6.54. The van der Waals surface area contributed by atoms with Crippen molar-refractivity contribution < 1.29 is 4.79 Å². The van der Waals surface area contributed by atoms with E-state index in [2.05, 4.69) is 10.2 Å². The lowest BCUT2D eigenvalue weighted by molar-refractivity contribution is -0.131. The van der Waals surface area contributed by atoms with Crippen LogP contribution in [0.4, 0.5) is 0 Å². The Balaban J connectivity index is 0.00000128. The van der Waals surface area contributed by atoms with Crippen LogP contribution in [0.25, 0.3) is 0 Å². The summed E-state index contributed by atoms with van der Waals surface area (Å²) in [6.07, 6.45) is 3.10. The van der Waals surface area contributed by atoms with Gasteiger partial charge < -0.3 is 10.2 Å². The number of nitrogens with zero attached hydrogens (tertiary/aromatic N) is 1. The largest absolute Gasteiger partial charge is 0.342 e. The van der Waals surface area contributed by atoms with E-state index in [0.717, 1.165) is 38.4 Å². The molecule has 2 rings (SSSR count). The SMILES string of the molecule is Cl.O=C(CC1CCNC1)N1CCCSCC1. The summed E-state index contributed by atoms with van der Waals surface area (Å²) < 4.78 is 0. The number of rotatable bonds is 2.